The number of anilines is 1. The van der Waals surface area contributed by atoms with Gasteiger partial charge in [0.2, 0.25) is 15.9 Å². The van der Waals surface area contributed by atoms with Gasteiger partial charge in [0.05, 0.1) is 11.9 Å². The lowest BCUT2D eigenvalue weighted by Gasteiger charge is -2.28. The molecule has 0 spiro atoms. The Balaban J connectivity index is 1.98. The summed E-state index contributed by atoms with van der Waals surface area (Å²) in [6.07, 6.45) is 2.49. The van der Waals surface area contributed by atoms with Crippen LogP contribution in [-0.4, -0.2) is 33.2 Å². The van der Waals surface area contributed by atoms with Crippen molar-refractivity contribution < 1.29 is 13.2 Å². The maximum atomic E-state index is 12.5. The highest BCUT2D eigenvalue weighted by Crippen LogP contribution is 2.23. The lowest BCUT2D eigenvalue weighted by atomic mass is 10.1. The first-order chi connectivity index (χ1) is 12.7. The van der Waals surface area contributed by atoms with Crippen LogP contribution in [0, 0.1) is 0 Å². The van der Waals surface area contributed by atoms with E-state index >= 15 is 0 Å². The van der Waals surface area contributed by atoms with E-state index in [-0.39, 0.29) is 5.91 Å². The second-order valence-electron chi connectivity index (χ2n) is 6.20. The summed E-state index contributed by atoms with van der Waals surface area (Å²) in [5.41, 5.74) is 1.40. The Hall–Kier alpha value is -1.76. The number of benzene rings is 2. The van der Waals surface area contributed by atoms with Crippen molar-refractivity contribution in [1.82, 2.24) is 5.32 Å². The lowest BCUT2D eigenvalue weighted by molar-refractivity contribution is -0.121. The zero-order chi connectivity index (χ0) is 20.0. The average molecular weight is 429 g/mol. The Kier molecular flexibility index (Phi) is 7.53. The van der Waals surface area contributed by atoms with Crippen LogP contribution >= 0.6 is 23.2 Å². The van der Waals surface area contributed by atoms with Crippen molar-refractivity contribution in [3.05, 3.63) is 64.1 Å². The number of hydrogen-bond donors (Lipinski definition) is 1. The van der Waals surface area contributed by atoms with Crippen LogP contribution in [0.5, 0.6) is 0 Å². The Bertz CT molecular complexity index is 886. The first-order valence-corrected chi connectivity index (χ1v) is 11.1. The highest BCUT2D eigenvalue weighted by Gasteiger charge is 2.28. The topological polar surface area (TPSA) is 66.5 Å². The third-order valence-corrected chi connectivity index (χ3v) is 5.91. The first kappa shape index (κ1) is 21.5. The second kappa shape index (κ2) is 9.44. The third kappa shape index (κ3) is 6.13. The van der Waals surface area contributed by atoms with E-state index in [1.54, 1.807) is 31.2 Å². The minimum Gasteiger partial charge on any atom is -0.354 e. The van der Waals surface area contributed by atoms with Gasteiger partial charge in [0.1, 0.15) is 6.04 Å². The number of aryl methyl sites for hydroxylation is 1. The number of carbonyl (C=O) groups is 1. The van der Waals surface area contributed by atoms with E-state index in [4.69, 9.17) is 23.2 Å². The van der Waals surface area contributed by atoms with Crippen molar-refractivity contribution in [2.75, 3.05) is 17.1 Å². The van der Waals surface area contributed by atoms with Gasteiger partial charge >= 0.3 is 0 Å². The Morgan fingerprint density at radius 1 is 1.11 bits per heavy atom. The van der Waals surface area contributed by atoms with Crippen LogP contribution < -0.4 is 9.62 Å². The van der Waals surface area contributed by atoms with Crippen LogP contribution in [0.4, 0.5) is 5.69 Å². The molecular formula is C19H22Cl2N2O3S. The number of nitrogens with one attached hydrogen (secondary N) is 1. The lowest BCUT2D eigenvalue weighted by Crippen LogP contribution is -2.48. The van der Waals surface area contributed by atoms with Crippen LogP contribution in [0.25, 0.3) is 0 Å². The van der Waals surface area contributed by atoms with E-state index < -0.39 is 16.1 Å². The predicted molar refractivity (Wildman–Crippen MR) is 111 cm³/mol. The largest absolute Gasteiger partial charge is 0.354 e. The fourth-order valence-corrected chi connectivity index (χ4v) is 4.27. The molecule has 0 saturated heterocycles. The molecule has 146 valence electrons. The molecule has 0 aliphatic carbocycles. The zero-order valence-electron chi connectivity index (χ0n) is 15.2. The molecule has 1 amide bonds. The molecule has 0 aromatic heterocycles. The molecule has 0 fully saturated rings. The zero-order valence-corrected chi connectivity index (χ0v) is 17.5. The molecule has 8 heteroatoms. The SMILES string of the molecule is CC(C(=O)NCCCc1ccccc1Cl)N(c1ccc(Cl)cc1)S(C)(=O)=O. The third-order valence-electron chi connectivity index (χ3n) is 4.05. The number of carbonyl (C=O) groups excluding carboxylic acids is 1. The summed E-state index contributed by atoms with van der Waals surface area (Å²) in [5, 5.41) is 3.98. The van der Waals surface area contributed by atoms with E-state index in [1.165, 1.54) is 0 Å². The molecule has 2 aromatic carbocycles. The van der Waals surface area contributed by atoms with Crippen LogP contribution in [0.15, 0.2) is 48.5 Å². The van der Waals surface area contributed by atoms with Crippen LogP contribution in [0.2, 0.25) is 10.0 Å². The van der Waals surface area contributed by atoms with Crippen LogP contribution in [0.1, 0.15) is 18.9 Å². The minimum absolute atomic E-state index is 0.366. The Labute approximate surface area is 170 Å². The van der Waals surface area contributed by atoms with Gasteiger partial charge in [-0.3, -0.25) is 9.10 Å². The maximum Gasteiger partial charge on any atom is 0.243 e. The van der Waals surface area contributed by atoms with Crippen molar-refractivity contribution in [2.24, 2.45) is 0 Å². The number of halogens is 2. The molecule has 1 unspecified atom stereocenters. The summed E-state index contributed by atoms with van der Waals surface area (Å²) in [6, 6.07) is 13.0. The monoisotopic (exact) mass is 428 g/mol. The van der Waals surface area contributed by atoms with Gasteiger partial charge < -0.3 is 5.32 Å². The van der Waals surface area contributed by atoms with E-state index in [0.29, 0.717) is 28.7 Å². The predicted octanol–water partition coefficient (Wildman–Crippen LogP) is 3.90. The standard InChI is InChI=1S/C19H22Cl2N2O3S/c1-14(23(27(2,25)26)17-11-9-16(20)10-12-17)19(24)22-13-5-7-15-6-3-4-8-18(15)21/h3-4,6,8-12,14H,5,7,13H2,1-2H3,(H,22,24). The van der Waals surface area contributed by atoms with E-state index in [1.807, 2.05) is 24.3 Å². The molecule has 27 heavy (non-hydrogen) atoms. The van der Waals surface area contributed by atoms with Gasteiger partial charge in [-0.2, -0.15) is 0 Å². The molecular weight excluding hydrogens is 407 g/mol. The number of hydrogen-bond acceptors (Lipinski definition) is 3. The first-order valence-electron chi connectivity index (χ1n) is 8.46. The smallest absolute Gasteiger partial charge is 0.243 e. The molecule has 2 aromatic rings. The van der Waals surface area contributed by atoms with Gasteiger partial charge in [0.25, 0.3) is 0 Å². The van der Waals surface area contributed by atoms with Gasteiger partial charge in [-0.1, -0.05) is 41.4 Å². The molecule has 0 bridgehead atoms. The Morgan fingerprint density at radius 3 is 2.33 bits per heavy atom. The highest BCUT2D eigenvalue weighted by molar-refractivity contribution is 7.92. The fraction of sp³-hybridized carbons (Fsp3) is 0.316. The summed E-state index contributed by atoms with van der Waals surface area (Å²) in [5.74, 6) is -0.366. The molecule has 5 nitrogen and oxygen atoms in total. The van der Waals surface area contributed by atoms with Crippen LogP contribution in [-0.2, 0) is 21.2 Å². The normalized spacial score (nSPS) is 12.4. The van der Waals surface area contributed by atoms with E-state index in [2.05, 4.69) is 5.32 Å². The average Bonchev–Trinajstić information content (AvgIpc) is 2.60. The molecule has 0 saturated carbocycles. The number of nitrogens with zero attached hydrogens (tertiary/aromatic N) is 1. The fourth-order valence-electron chi connectivity index (χ4n) is 2.74. The summed E-state index contributed by atoms with van der Waals surface area (Å²) >= 11 is 12.0. The van der Waals surface area contributed by atoms with E-state index in [9.17, 15) is 13.2 Å². The number of rotatable bonds is 8. The van der Waals surface area contributed by atoms with Crippen LogP contribution in [0.3, 0.4) is 0 Å². The molecule has 1 atom stereocenters. The molecule has 2 rings (SSSR count). The quantitative estimate of drug-likeness (QED) is 0.648. The van der Waals surface area contributed by atoms with E-state index in [0.717, 1.165) is 22.5 Å². The highest BCUT2D eigenvalue weighted by atomic mass is 35.5. The molecule has 0 radical (unpaired) electrons. The molecule has 1 N–H and O–H groups in total. The van der Waals surface area contributed by atoms with Gasteiger partial charge in [-0.15, -0.1) is 0 Å². The summed E-state index contributed by atoms with van der Waals surface area (Å²) in [7, 11) is -3.64. The van der Waals surface area contributed by atoms with Crippen molar-refractivity contribution >= 4 is 44.8 Å². The van der Waals surface area contributed by atoms with Gasteiger partial charge in [0.15, 0.2) is 0 Å². The maximum absolute atomic E-state index is 12.5. The number of sulfonamides is 1. The van der Waals surface area contributed by atoms with Gasteiger partial charge in [-0.05, 0) is 55.7 Å². The van der Waals surface area contributed by atoms with Crippen molar-refractivity contribution in [2.45, 2.75) is 25.8 Å². The summed E-state index contributed by atoms with van der Waals surface area (Å²) in [6.45, 7) is 1.98. The second-order valence-corrected chi connectivity index (χ2v) is 8.90. The number of amides is 1. The summed E-state index contributed by atoms with van der Waals surface area (Å²) < 4.78 is 25.5. The molecule has 0 heterocycles. The molecule has 0 aliphatic rings. The molecule has 0 aliphatic heterocycles. The van der Waals surface area contributed by atoms with Gasteiger partial charge in [0, 0.05) is 16.6 Å². The summed E-state index contributed by atoms with van der Waals surface area (Å²) in [4.78, 5) is 12.5. The van der Waals surface area contributed by atoms with Crippen molar-refractivity contribution in [3.63, 3.8) is 0 Å². The minimum atomic E-state index is -3.64. The van der Waals surface area contributed by atoms with Crippen molar-refractivity contribution in [3.8, 4) is 0 Å². The Morgan fingerprint density at radius 2 is 1.74 bits per heavy atom. The van der Waals surface area contributed by atoms with Crippen molar-refractivity contribution in [1.29, 1.82) is 0 Å². The van der Waals surface area contributed by atoms with Gasteiger partial charge in [-0.25, -0.2) is 8.42 Å².